The Morgan fingerprint density at radius 3 is 2.89 bits per heavy atom. The molecule has 94 valence electrons. The molecule has 1 aliphatic heterocycles. The first-order chi connectivity index (χ1) is 8.67. The zero-order valence-electron chi connectivity index (χ0n) is 9.96. The maximum atomic E-state index is 11.1. The van der Waals surface area contributed by atoms with Crippen molar-refractivity contribution < 1.29 is 4.92 Å². The van der Waals surface area contributed by atoms with Crippen molar-refractivity contribution in [2.24, 2.45) is 0 Å². The Balaban J connectivity index is 2.41. The summed E-state index contributed by atoms with van der Waals surface area (Å²) in [6, 6.07) is 3.37. The third-order valence-corrected chi connectivity index (χ3v) is 2.99. The smallest absolute Gasteiger partial charge is 0.312 e. The van der Waals surface area contributed by atoms with Crippen LogP contribution in [0.1, 0.15) is 12.5 Å². The molecule has 1 saturated heterocycles. The number of nitrogens with one attached hydrogen (secondary N) is 1. The van der Waals surface area contributed by atoms with E-state index in [0.29, 0.717) is 12.4 Å². The Bertz CT molecular complexity index is 507. The molecule has 1 fully saturated rings. The molecule has 1 aliphatic rings. The van der Waals surface area contributed by atoms with Gasteiger partial charge in [0, 0.05) is 31.9 Å². The van der Waals surface area contributed by atoms with Crippen LogP contribution >= 0.6 is 0 Å². The van der Waals surface area contributed by atoms with E-state index in [1.165, 1.54) is 12.3 Å². The van der Waals surface area contributed by atoms with Crippen LogP contribution in [0.5, 0.6) is 0 Å². The molecule has 18 heavy (non-hydrogen) atoms. The first-order valence-electron chi connectivity index (χ1n) is 5.69. The Morgan fingerprint density at radius 1 is 1.72 bits per heavy atom. The molecule has 0 saturated carbocycles. The molecule has 1 aromatic rings. The zero-order chi connectivity index (χ0) is 13.1. The van der Waals surface area contributed by atoms with Gasteiger partial charge in [-0.15, -0.1) is 0 Å². The number of nitro groups is 1. The van der Waals surface area contributed by atoms with Crippen molar-refractivity contribution in [3.63, 3.8) is 0 Å². The lowest BCUT2D eigenvalue weighted by Crippen LogP contribution is -2.57. The van der Waals surface area contributed by atoms with Gasteiger partial charge in [0.2, 0.25) is 5.82 Å². The predicted octanol–water partition coefficient (Wildman–Crippen LogP) is 0.660. The second-order valence-corrected chi connectivity index (χ2v) is 4.03. The molecule has 2 rings (SSSR count). The summed E-state index contributed by atoms with van der Waals surface area (Å²) in [6.45, 7) is 4.17. The topological polar surface area (TPSA) is 95.1 Å². The van der Waals surface area contributed by atoms with Gasteiger partial charge in [-0.1, -0.05) is 0 Å². The fourth-order valence-corrected chi connectivity index (χ4v) is 1.94. The van der Waals surface area contributed by atoms with Crippen LogP contribution in [0.4, 0.5) is 11.5 Å². The van der Waals surface area contributed by atoms with E-state index in [4.69, 9.17) is 5.26 Å². The van der Waals surface area contributed by atoms with Crippen LogP contribution < -0.4 is 10.2 Å². The van der Waals surface area contributed by atoms with Crippen molar-refractivity contribution in [3.8, 4) is 6.07 Å². The molecule has 0 radical (unpaired) electrons. The van der Waals surface area contributed by atoms with E-state index in [1.54, 1.807) is 0 Å². The fraction of sp³-hybridized carbons (Fsp3) is 0.455. The summed E-state index contributed by atoms with van der Waals surface area (Å²) in [5.41, 5.74) is 0.0936. The summed E-state index contributed by atoms with van der Waals surface area (Å²) in [4.78, 5) is 16.5. The lowest BCUT2D eigenvalue weighted by atomic mass is 10.1. The molecule has 0 spiro atoms. The maximum Gasteiger partial charge on any atom is 0.312 e. The van der Waals surface area contributed by atoms with Crippen LogP contribution in [-0.2, 0) is 0 Å². The SMILES string of the molecule is CCN(c1ncc(C#N)cc1[N+](=O)[O-])C1CNC1. The molecule has 2 heterocycles. The van der Waals surface area contributed by atoms with Gasteiger partial charge >= 0.3 is 5.69 Å². The number of hydrogen-bond acceptors (Lipinski definition) is 6. The molecule has 1 aromatic heterocycles. The highest BCUT2D eigenvalue weighted by molar-refractivity contribution is 5.60. The third kappa shape index (κ3) is 2.10. The fourth-order valence-electron chi connectivity index (χ4n) is 1.94. The summed E-state index contributed by atoms with van der Waals surface area (Å²) < 4.78 is 0. The van der Waals surface area contributed by atoms with Gasteiger partial charge in [0.1, 0.15) is 6.07 Å². The van der Waals surface area contributed by atoms with Gasteiger partial charge in [-0.05, 0) is 6.92 Å². The molecule has 0 bridgehead atoms. The zero-order valence-corrected chi connectivity index (χ0v) is 9.96. The van der Waals surface area contributed by atoms with Gasteiger partial charge < -0.3 is 10.2 Å². The minimum atomic E-state index is -0.488. The van der Waals surface area contributed by atoms with Crippen molar-refractivity contribution in [2.45, 2.75) is 13.0 Å². The Labute approximate surface area is 104 Å². The average molecular weight is 247 g/mol. The molecule has 1 N–H and O–H groups in total. The van der Waals surface area contributed by atoms with Crippen LogP contribution in [0.3, 0.4) is 0 Å². The average Bonchev–Trinajstić information content (AvgIpc) is 2.32. The van der Waals surface area contributed by atoms with Crippen LogP contribution in [-0.4, -0.2) is 35.6 Å². The quantitative estimate of drug-likeness (QED) is 0.620. The van der Waals surface area contributed by atoms with Crippen molar-refractivity contribution >= 4 is 11.5 Å². The first-order valence-corrected chi connectivity index (χ1v) is 5.69. The standard InChI is InChI=1S/C11H13N5O2/c1-2-15(9-6-13-7-9)11-10(16(17)18)3-8(4-12)5-14-11/h3,5,9,13H,2,6-7H2,1H3. The number of nitriles is 1. The van der Waals surface area contributed by atoms with E-state index in [2.05, 4.69) is 10.3 Å². The molecule has 0 aliphatic carbocycles. The number of hydrogen-bond donors (Lipinski definition) is 1. The van der Waals surface area contributed by atoms with Crippen LogP contribution in [0, 0.1) is 21.4 Å². The monoisotopic (exact) mass is 247 g/mol. The predicted molar refractivity (Wildman–Crippen MR) is 65.3 cm³/mol. The second-order valence-electron chi connectivity index (χ2n) is 4.03. The number of aromatic nitrogens is 1. The van der Waals surface area contributed by atoms with E-state index in [-0.39, 0.29) is 17.3 Å². The van der Waals surface area contributed by atoms with Gasteiger partial charge in [-0.3, -0.25) is 10.1 Å². The van der Waals surface area contributed by atoms with Crippen molar-refractivity contribution in [1.82, 2.24) is 10.3 Å². The minimum Gasteiger partial charge on any atom is -0.346 e. The van der Waals surface area contributed by atoms with E-state index in [1.807, 2.05) is 17.9 Å². The highest BCUT2D eigenvalue weighted by Gasteiger charge is 2.29. The van der Waals surface area contributed by atoms with E-state index < -0.39 is 4.92 Å². The van der Waals surface area contributed by atoms with E-state index in [9.17, 15) is 10.1 Å². The summed E-state index contributed by atoms with van der Waals surface area (Å²) in [5, 5.41) is 22.9. The van der Waals surface area contributed by atoms with Gasteiger partial charge in [0.05, 0.1) is 16.5 Å². The molecule has 0 atom stereocenters. The van der Waals surface area contributed by atoms with Gasteiger partial charge in [-0.2, -0.15) is 5.26 Å². The van der Waals surface area contributed by atoms with Crippen molar-refractivity contribution in [1.29, 1.82) is 5.26 Å². The van der Waals surface area contributed by atoms with E-state index in [0.717, 1.165) is 13.1 Å². The highest BCUT2D eigenvalue weighted by atomic mass is 16.6. The lowest BCUT2D eigenvalue weighted by Gasteiger charge is -2.38. The van der Waals surface area contributed by atoms with Gasteiger partial charge in [-0.25, -0.2) is 4.98 Å². The summed E-state index contributed by atoms with van der Waals surface area (Å²) >= 11 is 0. The first kappa shape index (κ1) is 12.3. The molecule has 0 unspecified atom stereocenters. The molecule has 0 amide bonds. The third-order valence-electron chi connectivity index (χ3n) is 2.99. The van der Waals surface area contributed by atoms with Crippen LogP contribution in [0.15, 0.2) is 12.3 Å². The molecular weight excluding hydrogens is 234 g/mol. The Morgan fingerprint density at radius 2 is 2.44 bits per heavy atom. The largest absolute Gasteiger partial charge is 0.346 e. The van der Waals surface area contributed by atoms with Gasteiger partial charge in [0.25, 0.3) is 0 Å². The number of pyridine rings is 1. The number of likely N-dealkylation sites (N-methyl/N-ethyl adjacent to an activating group) is 1. The summed E-state index contributed by atoms with van der Waals surface area (Å²) in [6.07, 6.45) is 1.37. The molecule has 7 heteroatoms. The normalized spacial score (nSPS) is 14.7. The number of nitrogens with zero attached hydrogens (tertiary/aromatic N) is 4. The van der Waals surface area contributed by atoms with E-state index >= 15 is 0 Å². The van der Waals surface area contributed by atoms with Crippen LogP contribution in [0.25, 0.3) is 0 Å². The second kappa shape index (κ2) is 4.98. The Hall–Kier alpha value is -2.20. The molecular formula is C11H13N5O2. The van der Waals surface area contributed by atoms with Crippen molar-refractivity contribution in [3.05, 3.63) is 27.9 Å². The summed E-state index contributed by atoms with van der Waals surface area (Å²) in [7, 11) is 0. The Kier molecular flexibility index (Phi) is 3.39. The highest BCUT2D eigenvalue weighted by Crippen LogP contribution is 2.28. The molecule has 7 nitrogen and oxygen atoms in total. The van der Waals surface area contributed by atoms with Crippen LogP contribution in [0.2, 0.25) is 0 Å². The lowest BCUT2D eigenvalue weighted by molar-refractivity contribution is -0.384. The number of anilines is 1. The van der Waals surface area contributed by atoms with Gasteiger partial charge in [0.15, 0.2) is 0 Å². The maximum absolute atomic E-state index is 11.1. The summed E-state index contributed by atoms with van der Waals surface area (Å²) in [5.74, 6) is 0.341. The van der Waals surface area contributed by atoms with Crippen molar-refractivity contribution in [2.75, 3.05) is 24.5 Å². The number of rotatable bonds is 4. The minimum absolute atomic E-state index is 0.109. The molecule has 0 aromatic carbocycles.